The van der Waals surface area contributed by atoms with Gasteiger partial charge in [0.15, 0.2) is 0 Å². The third-order valence-corrected chi connectivity index (χ3v) is 5.43. The predicted molar refractivity (Wildman–Crippen MR) is 58.7 cm³/mol. The monoisotopic (exact) mass is 182 g/mol. The molecule has 0 saturated carbocycles. The fourth-order valence-electron chi connectivity index (χ4n) is 1.97. The molecule has 0 atom stereocenters. The lowest BCUT2D eigenvalue weighted by Crippen LogP contribution is -2.00. The van der Waals surface area contributed by atoms with E-state index >= 15 is 0 Å². The van der Waals surface area contributed by atoms with Gasteiger partial charge in [0.1, 0.15) is 0 Å². The van der Waals surface area contributed by atoms with Gasteiger partial charge in [-0.15, -0.1) is 12.2 Å². The number of rotatable bonds is 2. The Bertz CT molecular complexity index is 306. The Morgan fingerprint density at radius 3 is 1.62 bits per heavy atom. The first-order valence-corrected chi connectivity index (χ1v) is 6.41. The van der Waals surface area contributed by atoms with Crippen molar-refractivity contribution in [3.63, 3.8) is 0 Å². The van der Waals surface area contributed by atoms with Gasteiger partial charge in [-0.05, 0) is 26.7 Å². The topological polar surface area (TPSA) is 0 Å². The Kier molecular flexibility index (Phi) is 2.75. The molecule has 2 aliphatic carbocycles. The van der Waals surface area contributed by atoms with Crippen LogP contribution in [0.3, 0.4) is 0 Å². The van der Waals surface area contributed by atoms with Gasteiger partial charge in [0.05, 0.1) is 0 Å². The second-order valence-electron chi connectivity index (χ2n) is 3.88. The Morgan fingerprint density at radius 2 is 1.31 bits per heavy atom. The number of hydrogen-bond acceptors (Lipinski definition) is 0. The lowest BCUT2D eigenvalue weighted by molar-refractivity contribution is 1.42. The standard InChI is InChI=1S/2C6H7.Mg/c2*1-6-4-2-3-5-6;/h2*2,5H,3H2,1H3;. The average molecular weight is 183 g/mol. The summed E-state index contributed by atoms with van der Waals surface area (Å²) < 4.78 is 3.34. The van der Waals surface area contributed by atoms with Crippen molar-refractivity contribution in [2.45, 2.75) is 26.7 Å². The van der Waals surface area contributed by atoms with Crippen LogP contribution in [0.5, 0.6) is 0 Å². The molecule has 0 N–H and O–H groups in total. The van der Waals surface area contributed by atoms with E-state index in [-0.39, 0.29) is 20.4 Å². The molecule has 1 heteroatoms. The molecule has 0 aromatic heterocycles. The zero-order valence-corrected chi connectivity index (χ0v) is 9.84. The van der Waals surface area contributed by atoms with E-state index in [4.69, 9.17) is 0 Å². The Balaban J connectivity index is 2.07. The van der Waals surface area contributed by atoms with E-state index < -0.39 is 0 Å². The molecule has 0 aromatic rings. The summed E-state index contributed by atoms with van der Waals surface area (Å²) in [6, 6.07) is 0. The van der Waals surface area contributed by atoms with Crippen LogP contribution in [0.4, 0.5) is 0 Å². The van der Waals surface area contributed by atoms with E-state index in [0.717, 1.165) is 0 Å². The maximum absolute atomic E-state index is 2.41. The van der Waals surface area contributed by atoms with Gasteiger partial charge in [0, 0.05) is 0 Å². The van der Waals surface area contributed by atoms with E-state index in [1.807, 2.05) is 0 Å². The minimum atomic E-state index is -0.145. The predicted octanol–water partition coefficient (Wildman–Crippen LogP) is 3.16. The fourth-order valence-corrected chi connectivity index (χ4v) is 3.85. The molecule has 0 saturated heterocycles. The van der Waals surface area contributed by atoms with Crippen molar-refractivity contribution in [3.05, 3.63) is 42.9 Å². The van der Waals surface area contributed by atoms with Gasteiger partial charge in [0.25, 0.3) is 0 Å². The summed E-state index contributed by atoms with van der Waals surface area (Å²) in [6.07, 6.45) is 11.9. The molecule has 2 rings (SSSR count). The first-order valence-electron chi connectivity index (χ1n) is 4.99. The zero-order chi connectivity index (χ0) is 9.26. The molecule has 0 unspecified atom stereocenters. The minimum absolute atomic E-state index is 0.145. The van der Waals surface area contributed by atoms with Crippen molar-refractivity contribution < 1.29 is 0 Å². The van der Waals surface area contributed by atoms with Crippen LogP contribution in [-0.2, 0) is 0 Å². The SMILES string of the molecule is CC1=CCC=[C]1[Mg][C]1=CCC=C1C. The first-order chi connectivity index (χ1) is 6.27. The highest BCUT2D eigenvalue weighted by atomic mass is 24.5. The molecule has 0 radical (unpaired) electrons. The van der Waals surface area contributed by atoms with Gasteiger partial charge < -0.3 is 0 Å². The molecule has 0 fully saturated rings. The molecule has 0 bridgehead atoms. The van der Waals surface area contributed by atoms with Crippen LogP contribution < -0.4 is 0 Å². The molecule has 0 amide bonds. The van der Waals surface area contributed by atoms with Crippen molar-refractivity contribution in [2.75, 3.05) is 0 Å². The van der Waals surface area contributed by atoms with E-state index in [0.29, 0.717) is 0 Å². The summed E-state index contributed by atoms with van der Waals surface area (Å²) in [6.45, 7) is 4.50. The minimum Gasteiger partial charge on any atom is -0.166 e. The maximum atomic E-state index is 2.41. The van der Waals surface area contributed by atoms with Crippen molar-refractivity contribution in [1.29, 1.82) is 0 Å². The summed E-state index contributed by atoms with van der Waals surface area (Å²) in [5, 5.41) is 0. The van der Waals surface area contributed by atoms with E-state index in [1.165, 1.54) is 24.0 Å². The van der Waals surface area contributed by atoms with E-state index in [1.54, 1.807) is 7.40 Å². The van der Waals surface area contributed by atoms with Gasteiger partial charge in [-0.3, -0.25) is 0 Å². The van der Waals surface area contributed by atoms with Gasteiger partial charge >= 0.3 is 20.4 Å². The van der Waals surface area contributed by atoms with Crippen molar-refractivity contribution in [3.8, 4) is 0 Å². The molecule has 13 heavy (non-hydrogen) atoms. The second-order valence-corrected chi connectivity index (χ2v) is 5.76. The lowest BCUT2D eigenvalue weighted by Gasteiger charge is -2.05. The molecule has 2 aliphatic rings. The van der Waals surface area contributed by atoms with Gasteiger partial charge in [-0.1, -0.05) is 23.3 Å². The van der Waals surface area contributed by atoms with E-state index in [2.05, 4.69) is 38.2 Å². The molecule has 0 nitrogen and oxygen atoms in total. The Morgan fingerprint density at radius 1 is 0.846 bits per heavy atom. The molecule has 0 spiro atoms. The zero-order valence-electron chi connectivity index (χ0n) is 8.43. The van der Waals surface area contributed by atoms with Crippen LogP contribution >= 0.6 is 0 Å². The summed E-state index contributed by atoms with van der Waals surface area (Å²) >= 11 is -0.145. The van der Waals surface area contributed by atoms with Crippen LogP contribution in [0, 0.1) is 0 Å². The van der Waals surface area contributed by atoms with Crippen molar-refractivity contribution in [2.24, 2.45) is 0 Å². The molecule has 0 aromatic carbocycles. The maximum Gasteiger partial charge on any atom is 0.450 e. The Labute approximate surface area is 89.8 Å². The molecular formula is C12H14Mg. The van der Waals surface area contributed by atoms with Crippen LogP contribution in [0.15, 0.2) is 42.9 Å². The Hall–Kier alpha value is -0.274. The molecular weight excluding hydrogens is 168 g/mol. The van der Waals surface area contributed by atoms with Gasteiger partial charge in [-0.25, -0.2) is 0 Å². The van der Waals surface area contributed by atoms with Crippen LogP contribution in [0.25, 0.3) is 0 Å². The molecule has 0 heterocycles. The van der Waals surface area contributed by atoms with E-state index in [9.17, 15) is 0 Å². The quantitative estimate of drug-likeness (QED) is 0.576. The third kappa shape index (κ3) is 1.97. The second kappa shape index (κ2) is 3.85. The average Bonchev–Trinajstić information content (AvgIpc) is 2.65. The highest BCUT2D eigenvalue weighted by Gasteiger charge is 2.14. The third-order valence-electron chi connectivity index (χ3n) is 2.97. The highest BCUT2D eigenvalue weighted by molar-refractivity contribution is 6.56. The van der Waals surface area contributed by atoms with Crippen molar-refractivity contribution >= 4 is 20.4 Å². The fraction of sp³-hybridized carbons (Fsp3) is 0.333. The van der Waals surface area contributed by atoms with Crippen LogP contribution in [0.1, 0.15) is 26.7 Å². The first kappa shape index (κ1) is 9.29. The summed E-state index contributed by atoms with van der Waals surface area (Å²) in [5.41, 5.74) is 3.07. The largest absolute Gasteiger partial charge is 0.450 e. The summed E-state index contributed by atoms with van der Waals surface area (Å²) in [7, 11) is 0. The smallest absolute Gasteiger partial charge is 0.166 e. The van der Waals surface area contributed by atoms with Crippen molar-refractivity contribution in [1.82, 2.24) is 0 Å². The summed E-state index contributed by atoms with van der Waals surface area (Å²) in [4.78, 5) is 0. The van der Waals surface area contributed by atoms with Gasteiger partial charge in [-0.2, -0.15) is 7.40 Å². The number of allylic oxidation sites excluding steroid dienone is 8. The van der Waals surface area contributed by atoms with Crippen LogP contribution in [0.2, 0.25) is 0 Å². The lowest BCUT2D eigenvalue weighted by atomic mass is 10.3. The summed E-state index contributed by atoms with van der Waals surface area (Å²) in [5.74, 6) is 0. The van der Waals surface area contributed by atoms with Gasteiger partial charge in [0.2, 0.25) is 0 Å². The normalized spacial score (nSPS) is 20.5. The number of hydrogen-bond donors (Lipinski definition) is 0. The molecule has 0 aliphatic heterocycles. The van der Waals surface area contributed by atoms with Crippen LogP contribution in [-0.4, -0.2) is 20.4 Å². The highest BCUT2D eigenvalue weighted by Crippen LogP contribution is 2.24. The molecule has 64 valence electrons.